The van der Waals surface area contributed by atoms with Gasteiger partial charge in [0.1, 0.15) is 0 Å². The molecular weight excluding hydrogens is 249 g/mol. The molecule has 0 spiro atoms. The second-order valence-corrected chi connectivity index (χ2v) is 8.74. The van der Waals surface area contributed by atoms with Crippen molar-refractivity contribution in [1.82, 2.24) is 0 Å². The van der Waals surface area contributed by atoms with Crippen molar-refractivity contribution >= 4 is 32.9 Å². The summed E-state index contributed by atoms with van der Waals surface area (Å²) in [5.41, 5.74) is 5.62. The van der Waals surface area contributed by atoms with Crippen LogP contribution in [-0.4, -0.2) is 37.2 Å². The first-order valence-corrected chi connectivity index (χ1v) is 9.15. The fourth-order valence-electron chi connectivity index (χ4n) is 0.723. The van der Waals surface area contributed by atoms with E-state index in [9.17, 15) is 0 Å². The topological polar surface area (TPSA) is 26.0 Å². The molecule has 0 amide bonds. The third-order valence-corrected chi connectivity index (χ3v) is 7.99. The summed E-state index contributed by atoms with van der Waals surface area (Å²) >= 11 is 2.04. The van der Waals surface area contributed by atoms with Crippen LogP contribution in [-0.2, 0) is 0 Å². The van der Waals surface area contributed by atoms with Crippen LogP contribution in [0.25, 0.3) is 0 Å². The van der Waals surface area contributed by atoms with Gasteiger partial charge in [-0.3, -0.25) is 0 Å². The van der Waals surface area contributed by atoms with E-state index < -0.39 is 0 Å². The molecule has 2 N–H and O–H groups in total. The zero-order valence-corrected chi connectivity index (χ0v) is 10.6. The van der Waals surface area contributed by atoms with E-state index in [4.69, 9.17) is 5.73 Å². The quantitative estimate of drug-likeness (QED) is 0.583. The zero-order valence-electron chi connectivity index (χ0n) is 6.89. The fraction of sp³-hybridized carbons (Fsp3) is 1.00. The second-order valence-electron chi connectivity index (χ2n) is 2.55. The molecule has 0 aliphatic carbocycles. The van der Waals surface area contributed by atoms with E-state index in [-0.39, 0.29) is 21.1 Å². The Kier molecular flexibility index (Phi) is 9.12. The normalized spacial score (nSPS) is 13.5. The monoisotopic (exact) mass is 267 g/mol. The van der Waals surface area contributed by atoms with E-state index in [0.29, 0.717) is 6.04 Å². The molecule has 3 heteroatoms. The summed E-state index contributed by atoms with van der Waals surface area (Å²) in [5.74, 6) is 0. The Balaban J connectivity index is 2.77. The third-order valence-electron chi connectivity index (χ3n) is 1.26. The molecule has 1 unspecified atom stereocenters. The first kappa shape index (κ1) is 11.1. The van der Waals surface area contributed by atoms with Crippen LogP contribution < -0.4 is 5.73 Å². The standard InChI is InChI=1S/C5H12N.C2H5S.Sn/c1-3-4-5(2)6;1-3-2;/h5H,1,3-4,6H2,2H3;1H2,2H3;. The van der Waals surface area contributed by atoms with Crippen LogP contribution in [0.1, 0.15) is 19.8 Å². The Labute approximate surface area is 78.7 Å². The summed E-state index contributed by atoms with van der Waals surface area (Å²) in [6.45, 7) is 2.10. The molecule has 60 valence electrons. The van der Waals surface area contributed by atoms with Crippen molar-refractivity contribution in [2.24, 2.45) is 5.73 Å². The van der Waals surface area contributed by atoms with Crippen LogP contribution in [0.5, 0.6) is 0 Å². The Morgan fingerprint density at radius 3 is 2.80 bits per heavy atom. The summed E-state index contributed by atoms with van der Waals surface area (Å²) in [6, 6.07) is 0.425. The molecular formula is C7H17NSSn. The molecule has 0 aromatic carbocycles. The Bertz CT molecular complexity index is 68.6. The minimum absolute atomic E-state index is 0.0340. The summed E-state index contributed by atoms with van der Waals surface area (Å²) in [4.78, 5) is 0. The van der Waals surface area contributed by atoms with E-state index in [1.807, 2.05) is 11.8 Å². The van der Waals surface area contributed by atoms with Crippen molar-refractivity contribution in [3.05, 3.63) is 0 Å². The molecule has 0 rings (SSSR count). The number of thioether (sulfide) groups is 1. The van der Waals surface area contributed by atoms with Gasteiger partial charge < -0.3 is 0 Å². The van der Waals surface area contributed by atoms with Crippen molar-refractivity contribution in [1.29, 1.82) is 0 Å². The molecule has 0 fully saturated rings. The molecule has 0 bridgehead atoms. The van der Waals surface area contributed by atoms with Gasteiger partial charge in [-0.1, -0.05) is 0 Å². The third kappa shape index (κ3) is 9.11. The molecule has 0 heterocycles. The molecule has 0 aliphatic rings. The van der Waals surface area contributed by atoms with Crippen molar-refractivity contribution < 1.29 is 0 Å². The van der Waals surface area contributed by atoms with Gasteiger partial charge in [0.2, 0.25) is 0 Å². The molecule has 0 aromatic rings. The number of rotatable bonds is 6. The zero-order chi connectivity index (χ0) is 7.82. The molecule has 2 radical (unpaired) electrons. The van der Waals surface area contributed by atoms with Gasteiger partial charge >= 0.3 is 78.9 Å². The summed E-state index contributed by atoms with van der Waals surface area (Å²) in [7, 11) is 0. The van der Waals surface area contributed by atoms with Crippen LogP contribution in [0.15, 0.2) is 0 Å². The van der Waals surface area contributed by atoms with E-state index in [0.717, 1.165) is 0 Å². The van der Waals surface area contributed by atoms with Gasteiger partial charge in [0.25, 0.3) is 0 Å². The van der Waals surface area contributed by atoms with Crippen LogP contribution in [0.4, 0.5) is 0 Å². The molecule has 0 saturated heterocycles. The van der Waals surface area contributed by atoms with Gasteiger partial charge in [0.15, 0.2) is 0 Å². The van der Waals surface area contributed by atoms with Crippen molar-refractivity contribution in [3.8, 4) is 0 Å². The Hall–Kier alpha value is 1.11. The molecule has 0 saturated carbocycles. The fourth-order valence-corrected chi connectivity index (χ4v) is 5.35. The van der Waals surface area contributed by atoms with Crippen LogP contribution in [0, 0.1) is 0 Å². The Morgan fingerprint density at radius 2 is 2.30 bits per heavy atom. The molecule has 1 nitrogen and oxygen atoms in total. The van der Waals surface area contributed by atoms with E-state index in [2.05, 4.69) is 13.2 Å². The van der Waals surface area contributed by atoms with Gasteiger partial charge in [-0.05, 0) is 0 Å². The van der Waals surface area contributed by atoms with Gasteiger partial charge in [-0.2, -0.15) is 0 Å². The second kappa shape index (κ2) is 8.21. The van der Waals surface area contributed by atoms with Crippen LogP contribution in [0.3, 0.4) is 0 Å². The predicted molar refractivity (Wildman–Crippen MR) is 51.8 cm³/mol. The van der Waals surface area contributed by atoms with E-state index in [1.54, 1.807) is 0 Å². The SMILES string of the molecule is CS[CH2][Sn][CH2]CCC(C)N. The molecule has 0 aromatic heterocycles. The predicted octanol–water partition coefficient (Wildman–Crippen LogP) is 1.56. The molecule has 1 atom stereocenters. The summed E-state index contributed by atoms with van der Waals surface area (Å²) < 4.78 is 2.99. The van der Waals surface area contributed by atoms with Gasteiger partial charge in [0.05, 0.1) is 0 Å². The van der Waals surface area contributed by atoms with Gasteiger partial charge in [-0.15, -0.1) is 0 Å². The molecule has 0 aliphatic heterocycles. The summed E-state index contributed by atoms with van der Waals surface area (Å²) in [6.07, 6.45) is 4.81. The maximum absolute atomic E-state index is 5.62. The molecule has 10 heavy (non-hydrogen) atoms. The van der Waals surface area contributed by atoms with Crippen LogP contribution in [0.2, 0.25) is 4.44 Å². The average Bonchev–Trinajstić information content (AvgIpc) is 1.87. The van der Waals surface area contributed by atoms with Crippen molar-refractivity contribution in [2.45, 2.75) is 30.2 Å². The number of hydrogen-bond donors (Lipinski definition) is 1. The van der Waals surface area contributed by atoms with Crippen molar-refractivity contribution in [3.63, 3.8) is 0 Å². The number of nitrogens with two attached hydrogens (primary N) is 1. The summed E-state index contributed by atoms with van der Waals surface area (Å²) in [5, 5.41) is 0. The van der Waals surface area contributed by atoms with E-state index >= 15 is 0 Å². The maximum atomic E-state index is 5.62. The first-order valence-electron chi connectivity index (χ1n) is 3.72. The first-order chi connectivity index (χ1) is 4.77. The van der Waals surface area contributed by atoms with Gasteiger partial charge in [0, 0.05) is 0 Å². The number of hydrogen-bond acceptors (Lipinski definition) is 2. The van der Waals surface area contributed by atoms with Crippen LogP contribution >= 0.6 is 11.8 Å². The van der Waals surface area contributed by atoms with Gasteiger partial charge in [-0.25, -0.2) is 0 Å². The average molecular weight is 266 g/mol. The van der Waals surface area contributed by atoms with Crippen molar-refractivity contribution in [2.75, 3.05) is 10.0 Å². The minimum atomic E-state index is 0.0340. The van der Waals surface area contributed by atoms with E-state index in [1.165, 1.54) is 21.0 Å². The Morgan fingerprint density at radius 1 is 1.60 bits per heavy atom.